The molecule has 142 valence electrons. The third-order valence-electron chi connectivity index (χ3n) is 5.14. The first kappa shape index (κ1) is 17.4. The lowest BCUT2D eigenvalue weighted by Crippen LogP contribution is -2.32. The Bertz CT molecular complexity index is 1100. The highest BCUT2D eigenvalue weighted by Gasteiger charge is 2.29. The molecule has 3 aromatic rings. The van der Waals surface area contributed by atoms with Gasteiger partial charge in [-0.2, -0.15) is 14.7 Å². The minimum absolute atomic E-state index is 0.118. The molecule has 0 aliphatic carbocycles. The van der Waals surface area contributed by atoms with Crippen LogP contribution in [0.3, 0.4) is 0 Å². The number of aryl methyl sites for hydroxylation is 4. The van der Waals surface area contributed by atoms with Gasteiger partial charge in [-0.3, -0.25) is 0 Å². The molecule has 3 aromatic heterocycles. The highest BCUT2D eigenvalue weighted by Crippen LogP contribution is 2.34. The molecule has 0 bridgehead atoms. The molecule has 27 heavy (non-hydrogen) atoms. The number of fused-ring (bicyclic) bond motifs is 1. The summed E-state index contributed by atoms with van der Waals surface area (Å²) in [5.74, 6) is 3.17. The molecular formula is C19H24N6O2. The fourth-order valence-corrected chi connectivity index (χ4v) is 3.69. The Kier molecular flexibility index (Phi) is 3.87. The summed E-state index contributed by atoms with van der Waals surface area (Å²) in [7, 11) is 3.70. The monoisotopic (exact) mass is 368 g/mol. The molecule has 0 amide bonds. The van der Waals surface area contributed by atoms with Gasteiger partial charge in [0, 0.05) is 12.6 Å². The Balaban J connectivity index is 1.93. The molecule has 8 nitrogen and oxygen atoms in total. The van der Waals surface area contributed by atoms with Crippen molar-refractivity contribution in [1.82, 2.24) is 29.3 Å². The van der Waals surface area contributed by atoms with Gasteiger partial charge in [-0.1, -0.05) is 0 Å². The van der Waals surface area contributed by atoms with E-state index in [1.54, 1.807) is 11.8 Å². The first-order valence-corrected chi connectivity index (χ1v) is 8.92. The second-order valence-electron chi connectivity index (χ2n) is 6.89. The van der Waals surface area contributed by atoms with Gasteiger partial charge in [0.15, 0.2) is 11.6 Å². The van der Waals surface area contributed by atoms with E-state index in [4.69, 9.17) is 14.3 Å². The number of ether oxygens (including phenoxy) is 1. The van der Waals surface area contributed by atoms with Crippen molar-refractivity contribution in [2.75, 3.05) is 14.2 Å². The highest BCUT2D eigenvalue weighted by molar-refractivity contribution is 5.74. The molecule has 0 saturated carbocycles. The molecule has 0 aromatic carbocycles. The van der Waals surface area contributed by atoms with Gasteiger partial charge in [0.05, 0.1) is 18.8 Å². The zero-order chi connectivity index (χ0) is 19.5. The summed E-state index contributed by atoms with van der Waals surface area (Å²) >= 11 is 0. The Morgan fingerprint density at radius 1 is 1.11 bits per heavy atom. The number of aromatic nitrogens is 5. The van der Waals surface area contributed by atoms with Crippen molar-refractivity contribution < 1.29 is 9.15 Å². The molecule has 0 saturated heterocycles. The molecule has 0 radical (unpaired) electrons. The molecule has 1 aliphatic rings. The van der Waals surface area contributed by atoms with E-state index < -0.39 is 0 Å². The summed E-state index contributed by atoms with van der Waals surface area (Å²) in [6, 6.07) is 0.118. The molecule has 0 fully saturated rings. The van der Waals surface area contributed by atoms with E-state index in [9.17, 15) is 0 Å². The Hall–Kier alpha value is -3.03. The zero-order valence-corrected chi connectivity index (χ0v) is 16.7. The van der Waals surface area contributed by atoms with Crippen molar-refractivity contribution in [2.45, 2.75) is 40.7 Å². The molecule has 0 spiro atoms. The van der Waals surface area contributed by atoms with Crippen molar-refractivity contribution in [3.63, 3.8) is 0 Å². The molecule has 4 rings (SSSR count). The largest absolute Gasteiger partial charge is 0.482 e. The SMILES string of the molecule is COC1=CC=C(c2c(C)oc3c(-n4nc(C)nc4C)c(C)nn23)C(C)N1C. The summed E-state index contributed by atoms with van der Waals surface area (Å²) < 4.78 is 15.3. The van der Waals surface area contributed by atoms with E-state index in [2.05, 4.69) is 28.0 Å². The second-order valence-corrected chi connectivity index (χ2v) is 6.89. The predicted octanol–water partition coefficient (Wildman–Crippen LogP) is 2.95. The summed E-state index contributed by atoms with van der Waals surface area (Å²) in [6.45, 7) is 9.87. The van der Waals surface area contributed by atoms with Crippen LogP contribution in [0.4, 0.5) is 0 Å². The zero-order valence-electron chi connectivity index (χ0n) is 16.7. The van der Waals surface area contributed by atoms with Crippen LogP contribution in [0.2, 0.25) is 0 Å². The van der Waals surface area contributed by atoms with Crippen molar-refractivity contribution in [1.29, 1.82) is 0 Å². The van der Waals surface area contributed by atoms with Crippen LogP contribution < -0.4 is 0 Å². The normalized spacial score (nSPS) is 17.4. The van der Waals surface area contributed by atoms with Gasteiger partial charge < -0.3 is 14.1 Å². The van der Waals surface area contributed by atoms with Crippen LogP contribution in [0.5, 0.6) is 0 Å². The van der Waals surface area contributed by atoms with Crippen molar-refractivity contribution in [3.8, 4) is 5.69 Å². The number of rotatable bonds is 3. The molecule has 0 N–H and O–H groups in total. The number of allylic oxidation sites excluding steroid dienone is 2. The van der Waals surface area contributed by atoms with Crippen LogP contribution in [0.15, 0.2) is 22.5 Å². The van der Waals surface area contributed by atoms with Gasteiger partial charge >= 0.3 is 0 Å². The summed E-state index contributed by atoms with van der Waals surface area (Å²) in [6.07, 6.45) is 4.04. The van der Waals surface area contributed by atoms with E-state index >= 15 is 0 Å². The molecule has 1 unspecified atom stereocenters. The van der Waals surface area contributed by atoms with Gasteiger partial charge in [0.2, 0.25) is 5.71 Å². The maximum atomic E-state index is 6.16. The molecule has 1 aliphatic heterocycles. The molecule has 4 heterocycles. The highest BCUT2D eigenvalue weighted by atomic mass is 16.5. The second kappa shape index (κ2) is 6.00. The summed E-state index contributed by atoms with van der Waals surface area (Å²) in [5.41, 5.74) is 4.42. The quantitative estimate of drug-likeness (QED) is 0.708. The lowest BCUT2D eigenvalue weighted by molar-refractivity contribution is 0.160. The minimum Gasteiger partial charge on any atom is -0.482 e. The van der Waals surface area contributed by atoms with E-state index in [0.717, 1.165) is 45.9 Å². The lowest BCUT2D eigenvalue weighted by Gasteiger charge is -2.32. The Morgan fingerprint density at radius 2 is 1.85 bits per heavy atom. The van der Waals surface area contributed by atoms with E-state index in [-0.39, 0.29) is 6.04 Å². The average molecular weight is 368 g/mol. The number of nitrogens with zero attached hydrogens (tertiary/aromatic N) is 6. The van der Waals surface area contributed by atoms with Crippen LogP contribution in [0.1, 0.15) is 35.7 Å². The van der Waals surface area contributed by atoms with Crippen LogP contribution in [0.25, 0.3) is 17.0 Å². The van der Waals surface area contributed by atoms with Gasteiger partial charge in [0.25, 0.3) is 0 Å². The summed E-state index contributed by atoms with van der Waals surface area (Å²) in [5, 5.41) is 9.26. The van der Waals surface area contributed by atoms with Crippen molar-refractivity contribution in [3.05, 3.63) is 46.8 Å². The molecular weight excluding hydrogens is 344 g/mol. The molecule has 1 atom stereocenters. The smallest absolute Gasteiger partial charge is 0.249 e. The van der Waals surface area contributed by atoms with Crippen molar-refractivity contribution in [2.24, 2.45) is 0 Å². The maximum Gasteiger partial charge on any atom is 0.249 e. The van der Waals surface area contributed by atoms with Gasteiger partial charge in [-0.25, -0.2) is 9.67 Å². The number of methoxy groups -OCH3 is 1. The lowest BCUT2D eigenvalue weighted by atomic mass is 10.00. The van der Waals surface area contributed by atoms with Crippen LogP contribution in [-0.4, -0.2) is 49.5 Å². The summed E-state index contributed by atoms with van der Waals surface area (Å²) in [4.78, 5) is 6.50. The van der Waals surface area contributed by atoms with E-state index in [0.29, 0.717) is 5.71 Å². The number of hydrogen-bond acceptors (Lipinski definition) is 6. The Labute approximate surface area is 157 Å². The standard InChI is InChI=1S/C19H24N6O2/c1-10-17(24-14(5)20-13(4)22-24)19-25(21-10)18(12(3)27-19)15-8-9-16(26-7)23(6)11(15)2/h8-9,11H,1-7H3. The Morgan fingerprint density at radius 3 is 2.48 bits per heavy atom. The fraction of sp³-hybridized carbons (Fsp3) is 0.421. The number of hydrogen-bond donors (Lipinski definition) is 0. The topological polar surface area (TPSA) is 73.6 Å². The average Bonchev–Trinajstić information content (AvgIpc) is 3.20. The third kappa shape index (κ3) is 2.47. The predicted molar refractivity (Wildman–Crippen MR) is 102 cm³/mol. The van der Waals surface area contributed by atoms with E-state index in [1.165, 1.54) is 0 Å². The van der Waals surface area contributed by atoms with Crippen LogP contribution >= 0.6 is 0 Å². The minimum atomic E-state index is 0.118. The first-order valence-electron chi connectivity index (χ1n) is 8.92. The van der Waals surface area contributed by atoms with Gasteiger partial charge in [0.1, 0.15) is 23.1 Å². The molecule has 8 heteroatoms. The van der Waals surface area contributed by atoms with Gasteiger partial charge in [-0.05, 0) is 46.8 Å². The maximum absolute atomic E-state index is 6.16. The van der Waals surface area contributed by atoms with E-state index in [1.807, 2.05) is 45.3 Å². The van der Waals surface area contributed by atoms with Crippen LogP contribution in [0, 0.1) is 27.7 Å². The van der Waals surface area contributed by atoms with Gasteiger partial charge in [-0.15, -0.1) is 0 Å². The third-order valence-corrected chi connectivity index (χ3v) is 5.14. The van der Waals surface area contributed by atoms with Crippen LogP contribution in [-0.2, 0) is 4.74 Å². The first-order chi connectivity index (χ1) is 12.8. The van der Waals surface area contributed by atoms with Crippen molar-refractivity contribution >= 4 is 11.3 Å². The number of oxazole rings is 1. The number of likely N-dealkylation sites (N-methyl/N-ethyl adjacent to an activating group) is 1. The fourth-order valence-electron chi connectivity index (χ4n) is 3.69.